The van der Waals surface area contributed by atoms with E-state index in [-0.39, 0.29) is 5.41 Å². The Labute approximate surface area is 524 Å². The lowest BCUT2D eigenvalue weighted by Crippen LogP contribution is -2.24. The molecular weight excluding hydrogens is 1050 g/mol. The zero-order chi connectivity index (χ0) is 61.5. The molecule has 9 aromatic carbocycles. The summed E-state index contributed by atoms with van der Waals surface area (Å²) in [7, 11) is 0. The first-order valence-electron chi connectivity index (χ1n) is 32.4. The van der Waals surface area contributed by atoms with E-state index in [1.54, 1.807) is 0 Å². The summed E-state index contributed by atoms with van der Waals surface area (Å²) < 4.78 is 0. The van der Waals surface area contributed by atoms with E-state index in [9.17, 15) is 0 Å². The zero-order valence-electron chi connectivity index (χ0n) is 54.1. The summed E-state index contributed by atoms with van der Waals surface area (Å²) in [6, 6.07) is 73.3. The smallest absolute Gasteiger partial charge is 0.0443 e. The Bertz CT molecular complexity index is 3790. The van der Waals surface area contributed by atoms with Crippen LogP contribution < -0.4 is 15.1 Å². The molecule has 3 aliphatic rings. The van der Waals surface area contributed by atoms with Crippen LogP contribution in [-0.2, 0) is 24.7 Å². The molecule has 2 aliphatic heterocycles. The summed E-state index contributed by atoms with van der Waals surface area (Å²) >= 11 is 0. The molecule has 9 aromatic rings. The number of rotatable bonds is 13. The van der Waals surface area contributed by atoms with Gasteiger partial charge in [0.15, 0.2) is 0 Å². The van der Waals surface area contributed by atoms with Crippen molar-refractivity contribution in [3.05, 3.63) is 291 Å². The van der Waals surface area contributed by atoms with Crippen molar-refractivity contribution in [3.8, 4) is 11.1 Å². The van der Waals surface area contributed by atoms with Crippen LogP contribution in [0, 0.1) is 6.92 Å². The van der Waals surface area contributed by atoms with Crippen molar-refractivity contribution in [1.29, 1.82) is 0 Å². The summed E-state index contributed by atoms with van der Waals surface area (Å²) in [6.45, 7) is 25.6. The van der Waals surface area contributed by atoms with E-state index in [2.05, 4.69) is 282 Å². The molecule has 446 valence electrons. The number of anilines is 5. The molecule has 12 rings (SSSR count). The molecule has 3 nitrogen and oxygen atoms in total. The fourth-order valence-electron chi connectivity index (χ4n) is 12.3. The summed E-state index contributed by atoms with van der Waals surface area (Å²) in [4.78, 5) is 4.94. The maximum Gasteiger partial charge on any atom is 0.0443 e. The van der Waals surface area contributed by atoms with Crippen molar-refractivity contribution in [2.24, 2.45) is 0 Å². The zero-order valence-corrected chi connectivity index (χ0v) is 54.1. The predicted octanol–water partition coefficient (Wildman–Crippen LogP) is 24.0. The minimum absolute atomic E-state index is 0.0418. The second kappa shape index (κ2) is 32.2. The standard InChI is InChI=1S/C55H50N2.C16H23N.C7H8.C4H8.C2H6/c1-3-55(4-2)50-37-41(22-21-39-24-30-45(31-25-39)56-35-11-15-42-13-5-9-19-52(42)56)28-34-49(50)54-48-18-8-7-17-47(48)44(38-51(54)55)29-23-40-26-32-46(33-27-40)57-36-12-16-43-14-6-10-20-53(43)57;1-5-13(3)11-12-14(4)17-16-10-8-7-9-15(16)6-2;1-7-5-3-2-4-6-7;1-3-4-2;1-2/h5-10,13-14,17-34,37-38H,3-4,11-12,15-16,35-36H2,1-2H3;7-12,17H,5-6H2,1-4H3;2-6H,1H3;3-4H,1-2H3;1-2H3/b22-21+,29-23+;13-11+,14-12+;;4-3-;. The van der Waals surface area contributed by atoms with Crippen molar-refractivity contribution in [3.63, 3.8) is 0 Å². The van der Waals surface area contributed by atoms with Crippen LogP contribution in [0.5, 0.6) is 0 Å². The van der Waals surface area contributed by atoms with Gasteiger partial charge < -0.3 is 15.1 Å². The van der Waals surface area contributed by atoms with Gasteiger partial charge in [-0.3, -0.25) is 0 Å². The molecule has 1 aliphatic carbocycles. The van der Waals surface area contributed by atoms with Crippen molar-refractivity contribution in [2.75, 3.05) is 28.2 Å². The van der Waals surface area contributed by atoms with E-state index in [0.29, 0.717) is 0 Å². The summed E-state index contributed by atoms with van der Waals surface area (Å²) in [5.41, 5.74) is 25.3. The van der Waals surface area contributed by atoms with E-state index >= 15 is 0 Å². The number of nitrogens with one attached hydrogen (secondary N) is 1. The third-order valence-electron chi connectivity index (χ3n) is 17.4. The van der Waals surface area contributed by atoms with Crippen LogP contribution in [0.1, 0.15) is 157 Å². The van der Waals surface area contributed by atoms with Gasteiger partial charge in [-0.05, 0) is 213 Å². The molecule has 0 aromatic heterocycles. The molecular formula is C84H95N3. The van der Waals surface area contributed by atoms with Gasteiger partial charge in [0.25, 0.3) is 0 Å². The van der Waals surface area contributed by atoms with E-state index in [4.69, 9.17) is 0 Å². The van der Waals surface area contributed by atoms with Crippen LogP contribution in [0.3, 0.4) is 0 Å². The Morgan fingerprint density at radius 1 is 0.506 bits per heavy atom. The largest absolute Gasteiger partial charge is 0.359 e. The van der Waals surface area contributed by atoms with Crippen molar-refractivity contribution in [1.82, 2.24) is 0 Å². The number of benzene rings is 9. The minimum atomic E-state index is -0.0418. The SMILES string of the molecule is C/C=C\C.CC.CC/C(C)=C/C=C(\C)Nc1ccccc1CC.CCC1(CC)c2cc(/C=C/c3ccc(N4CCCc5ccccc54)cc3)ccc2-c2c1cc(/C=C/c1ccc(N3CCCc4ccccc43)cc1)c1ccccc21.Cc1ccccc1. The molecule has 0 radical (unpaired) electrons. The first-order valence-corrected chi connectivity index (χ1v) is 32.4. The lowest BCUT2D eigenvalue weighted by Gasteiger charge is -2.31. The van der Waals surface area contributed by atoms with Gasteiger partial charge >= 0.3 is 0 Å². The maximum atomic E-state index is 3.46. The number of allylic oxidation sites excluding steroid dienone is 6. The molecule has 0 bridgehead atoms. The first-order chi connectivity index (χ1) is 42.6. The average Bonchev–Trinajstić information content (AvgIpc) is 1.72. The lowest BCUT2D eigenvalue weighted by molar-refractivity contribution is 0.490. The predicted molar refractivity (Wildman–Crippen MR) is 385 cm³/mol. The number of aryl methyl sites for hydroxylation is 4. The Kier molecular flexibility index (Phi) is 23.8. The molecule has 0 saturated heterocycles. The molecule has 0 spiro atoms. The molecule has 1 N–H and O–H groups in total. The van der Waals surface area contributed by atoms with Gasteiger partial charge in [-0.2, -0.15) is 0 Å². The lowest BCUT2D eigenvalue weighted by atomic mass is 9.73. The van der Waals surface area contributed by atoms with Gasteiger partial charge in [0.2, 0.25) is 0 Å². The number of hydrogen-bond donors (Lipinski definition) is 1. The van der Waals surface area contributed by atoms with E-state index in [1.807, 2.05) is 58.0 Å². The van der Waals surface area contributed by atoms with Crippen LogP contribution in [0.4, 0.5) is 28.4 Å². The Morgan fingerprint density at radius 3 is 1.55 bits per heavy atom. The number of fused-ring (bicyclic) bond motifs is 7. The van der Waals surface area contributed by atoms with E-state index in [0.717, 1.165) is 51.6 Å². The molecule has 0 fully saturated rings. The summed E-state index contributed by atoms with van der Waals surface area (Å²) in [5.74, 6) is 0. The van der Waals surface area contributed by atoms with Gasteiger partial charge in [-0.25, -0.2) is 0 Å². The van der Waals surface area contributed by atoms with E-state index in [1.165, 1.54) is 130 Å². The Morgan fingerprint density at radius 2 is 1.01 bits per heavy atom. The molecule has 0 saturated carbocycles. The highest BCUT2D eigenvalue weighted by molar-refractivity contribution is 6.07. The van der Waals surface area contributed by atoms with Gasteiger partial charge in [0.05, 0.1) is 0 Å². The van der Waals surface area contributed by atoms with Gasteiger partial charge in [0, 0.05) is 52.6 Å². The van der Waals surface area contributed by atoms with Crippen LogP contribution in [0.2, 0.25) is 0 Å². The monoisotopic (exact) mass is 1150 g/mol. The molecule has 3 heteroatoms. The Hall–Kier alpha value is -8.66. The first kappa shape index (κ1) is 64.3. The topological polar surface area (TPSA) is 18.5 Å². The summed E-state index contributed by atoms with van der Waals surface area (Å²) in [6.07, 6.45) is 26.5. The fraction of sp³-hybridized carbons (Fsp3) is 0.262. The number of nitrogens with zero attached hydrogens (tertiary/aromatic N) is 2. The van der Waals surface area contributed by atoms with Crippen LogP contribution in [-0.4, -0.2) is 13.1 Å². The Balaban J connectivity index is 0.000000269. The van der Waals surface area contributed by atoms with Crippen molar-refractivity contribution < 1.29 is 0 Å². The molecule has 0 atom stereocenters. The normalized spacial score (nSPS) is 13.9. The van der Waals surface area contributed by atoms with Crippen LogP contribution in [0.25, 0.3) is 46.2 Å². The minimum Gasteiger partial charge on any atom is -0.359 e. The third kappa shape index (κ3) is 15.9. The molecule has 0 unspecified atom stereocenters. The van der Waals surface area contributed by atoms with Crippen LogP contribution >= 0.6 is 0 Å². The van der Waals surface area contributed by atoms with Gasteiger partial charge in [-0.1, -0.05) is 247 Å². The second-order valence-corrected chi connectivity index (χ2v) is 22.8. The average molecular weight is 1150 g/mol. The van der Waals surface area contributed by atoms with Crippen molar-refractivity contribution >= 4 is 63.5 Å². The molecule has 0 amide bonds. The highest BCUT2D eigenvalue weighted by atomic mass is 15.1. The van der Waals surface area contributed by atoms with Crippen LogP contribution in [0.15, 0.2) is 236 Å². The molecule has 2 heterocycles. The van der Waals surface area contributed by atoms with Gasteiger partial charge in [0.1, 0.15) is 0 Å². The highest BCUT2D eigenvalue weighted by Crippen LogP contribution is 2.56. The van der Waals surface area contributed by atoms with E-state index < -0.39 is 0 Å². The molecule has 87 heavy (non-hydrogen) atoms. The second-order valence-electron chi connectivity index (χ2n) is 22.8. The number of para-hydroxylation sites is 3. The highest BCUT2D eigenvalue weighted by Gasteiger charge is 2.41. The number of hydrogen-bond acceptors (Lipinski definition) is 3. The maximum absolute atomic E-state index is 3.46. The third-order valence-corrected chi connectivity index (χ3v) is 17.4. The van der Waals surface area contributed by atoms with Gasteiger partial charge in [-0.15, -0.1) is 0 Å². The fourth-order valence-corrected chi connectivity index (χ4v) is 12.3. The summed E-state index contributed by atoms with van der Waals surface area (Å²) in [5, 5.41) is 6.11. The quantitative estimate of drug-likeness (QED) is 0.0705. The van der Waals surface area contributed by atoms with Crippen molar-refractivity contribution in [2.45, 2.75) is 133 Å².